The summed E-state index contributed by atoms with van der Waals surface area (Å²) in [6.45, 7) is 1.15. The Morgan fingerprint density at radius 2 is 2.29 bits per heavy atom. The first-order valence-electron chi connectivity index (χ1n) is 5.35. The molecule has 1 aromatic carbocycles. The van der Waals surface area contributed by atoms with Crippen LogP contribution in [0.5, 0.6) is 5.75 Å². The lowest BCUT2D eigenvalue weighted by Gasteiger charge is -2.10. The molecule has 3 nitrogen and oxygen atoms in total. The van der Waals surface area contributed by atoms with E-state index in [1.54, 1.807) is 18.2 Å². The topological polar surface area (TPSA) is 35.5 Å². The molecule has 0 aliphatic carbocycles. The molecule has 0 radical (unpaired) electrons. The normalized spacial score (nSPS) is 19.3. The van der Waals surface area contributed by atoms with Crippen molar-refractivity contribution in [3.63, 3.8) is 0 Å². The van der Waals surface area contributed by atoms with E-state index in [0.29, 0.717) is 29.0 Å². The maximum Gasteiger partial charge on any atom is 0.175 e. The lowest BCUT2D eigenvalue weighted by atomic mass is 10.0. The lowest BCUT2D eigenvalue weighted by Crippen LogP contribution is -2.21. The highest BCUT2D eigenvalue weighted by Crippen LogP contribution is 2.31. The van der Waals surface area contributed by atoms with Crippen molar-refractivity contribution in [2.75, 3.05) is 19.8 Å². The van der Waals surface area contributed by atoms with Crippen molar-refractivity contribution in [1.82, 2.24) is 0 Å². The quantitative estimate of drug-likeness (QED) is 0.847. The molecule has 1 aliphatic rings. The van der Waals surface area contributed by atoms with Crippen LogP contribution in [0.25, 0.3) is 0 Å². The van der Waals surface area contributed by atoms with E-state index in [9.17, 15) is 4.79 Å². The number of hydrogen-bond donors (Lipinski definition) is 0. The summed E-state index contributed by atoms with van der Waals surface area (Å²) < 4.78 is 10.5. The van der Waals surface area contributed by atoms with E-state index in [0.717, 1.165) is 6.42 Å². The fourth-order valence-corrected chi connectivity index (χ4v) is 2.00. The van der Waals surface area contributed by atoms with Crippen LogP contribution in [0.4, 0.5) is 0 Å². The molecule has 1 unspecified atom stereocenters. The maximum atomic E-state index is 11.7. The molecule has 1 fully saturated rings. The van der Waals surface area contributed by atoms with Crippen molar-refractivity contribution in [1.29, 1.82) is 0 Å². The van der Waals surface area contributed by atoms with E-state index in [4.69, 9.17) is 32.7 Å². The van der Waals surface area contributed by atoms with E-state index in [-0.39, 0.29) is 18.3 Å². The van der Waals surface area contributed by atoms with Gasteiger partial charge in [0.1, 0.15) is 17.4 Å². The van der Waals surface area contributed by atoms with E-state index >= 15 is 0 Å². The third-order valence-electron chi connectivity index (χ3n) is 2.67. The molecule has 0 amide bonds. The Labute approximate surface area is 110 Å². The predicted molar refractivity (Wildman–Crippen MR) is 65.9 cm³/mol. The minimum Gasteiger partial charge on any atom is -0.484 e. The van der Waals surface area contributed by atoms with Gasteiger partial charge in [0.25, 0.3) is 0 Å². The van der Waals surface area contributed by atoms with Crippen molar-refractivity contribution in [2.24, 2.45) is 5.92 Å². The van der Waals surface area contributed by atoms with Gasteiger partial charge < -0.3 is 9.47 Å². The summed E-state index contributed by atoms with van der Waals surface area (Å²) in [5.41, 5.74) is 0. The summed E-state index contributed by atoms with van der Waals surface area (Å²) in [5.74, 6) is 0.429. The average molecular weight is 275 g/mol. The second-order valence-corrected chi connectivity index (χ2v) is 4.65. The summed E-state index contributed by atoms with van der Waals surface area (Å²) in [5, 5.41) is 0.755. The molecule has 0 bridgehead atoms. The van der Waals surface area contributed by atoms with Gasteiger partial charge in [0, 0.05) is 12.5 Å². The van der Waals surface area contributed by atoms with Crippen LogP contribution in [0.1, 0.15) is 6.42 Å². The fraction of sp³-hybridized carbons (Fsp3) is 0.417. The molecule has 0 aromatic heterocycles. The number of carbonyl (C=O) groups excluding carboxylic acids is 1. The van der Waals surface area contributed by atoms with Gasteiger partial charge in [-0.05, 0) is 18.6 Å². The Kier molecular flexibility index (Phi) is 4.26. The Morgan fingerprint density at radius 3 is 3.00 bits per heavy atom. The number of Topliss-reactive ketones (excluding diaryl/α,β-unsaturated/α-hetero) is 1. The van der Waals surface area contributed by atoms with Crippen LogP contribution in [0, 0.1) is 5.92 Å². The maximum absolute atomic E-state index is 11.7. The molecule has 1 aromatic rings. The minimum atomic E-state index is -0.0482. The van der Waals surface area contributed by atoms with Crippen molar-refractivity contribution < 1.29 is 14.3 Å². The van der Waals surface area contributed by atoms with E-state index in [1.165, 1.54) is 0 Å². The molecular formula is C12H12Cl2O3. The molecule has 92 valence electrons. The van der Waals surface area contributed by atoms with Crippen LogP contribution in [0.3, 0.4) is 0 Å². The summed E-state index contributed by atoms with van der Waals surface area (Å²) in [4.78, 5) is 11.7. The van der Waals surface area contributed by atoms with Crippen LogP contribution < -0.4 is 4.74 Å². The van der Waals surface area contributed by atoms with Crippen molar-refractivity contribution in [3.8, 4) is 5.75 Å². The summed E-state index contributed by atoms with van der Waals surface area (Å²) >= 11 is 11.8. The van der Waals surface area contributed by atoms with Crippen LogP contribution >= 0.6 is 23.2 Å². The van der Waals surface area contributed by atoms with Crippen LogP contribution in [-0.4, -0.2) is 25.6 Å². The largest absolute Gasteiger partial charge is 0.484 e. The van der Waals surface area contributed by atoms with Gasteiger partial charge in [0.05, 0.1) is 11.6 Å². The van der Waals surface area contributed by atoms with Crippen molar-refractivity contribution >= 4 is 29.0 Å². The number of hydrogen-bond acceptors (Lipinski definition) is 3. The summed E-state index contributed by atoms with van der Waals surface area (Å²) in [6, 6.07) is 5.09. The fourth-order valence-electron chi connectivity index (χ4n) is 1.65. The summed E-state index contributed by atoms with van der Waals surface area (Å²) in [6.07, 6.45) is 0.769. The van der Waals surface area contributed by atoms with Crippen LogP contribution in [-0.2, 0) is 9.53 Å². The average Bonchev–Trinajstić information content (AvgIpc) is 2.84. The highest BCUT2D eigenvalue weighted by molar-refractivity contribution is 6.42. The molecule has 1 heterocycles. The first-order valence-corrected chi connectivity index (χ1v) is 6.11. The van der Waals surface area contributed by atoms with Crippen LogP contribution in [0.15, 0.2) is 18.2 Å². The number of rotatable bonds is 4. The molecule has 0 saturated carbocycles. The molecule has 17 heavy (non-hydrogen) atoms. The highest BCUT2D eigenvalue weighted by atomic mass is 35.5. The first kappa shape index (κ1) is 12.7. The van der Waals surface area contributed by atoms with E-state index < -0.39 is 0 Å². The second kappa shape index (κ2) is 5.71. The zero-order valence-corrected chi connectivity index (χ0v) is 10.6. The Bertz CT molecular complexity index is 414. The molecular weight excluding hydrogens is 263 g/mol. The number of ketones is 1. The van der Waals surface area contributed by atoms with Gasteiger partial charge in [-0.1, -0.05) is 29.3 Å². The van der Waals surface area contributed by atoms with Gasteiger partial charge in [0.15, 0.2) is 5.78 Å². The Morgan fingerprint density at radius 1 is 1.47 bits per heavy atom. The number of halogens is 2. The number of carbonyl (C=O) groups is 1. The van der Waals surface area contributed by atoms with Gasteiger partial charge in [-0.15, -0.1) is 0 Å². The zero-order chi connectivity index (χ0) is 12.3. The number of ether oxygens (including phenoxy) is 2. The Hall–Kier alpha value is -0.770. The van der Waals surface area contributed by atoms with E-state index in [2.05, 4.69) is 0 Å². The predicted octanol–water partition coefficient (Wildman–Crippen LogP) is 2.98. The minimum absolute atomic E-state index is 0.00802. The zero-order valence-electron chi connectivity index (χ0n) is 9.12. The van der Waals surface area contributed by atoms with Gasteiger partial charge in [-0.2, -0.15) is 0 Å². The molecule has 0 spiro atoms. The third-order valence-corrected chi connectivity index (χ3v) is 3.47. The van der Waals surface area contributed by atoms with Crippen molar-refractivity contribution in [3.05, 3.63) is 28.2 Å². The van der Waals surface area contributed by atoms with Gasteiger partial charge in [-0.25, -0.2) is 0 Å². The van der Waals surface area contributed by atoms with Crippen molar-refractivity contribution in [2.45, 2.75) is 6.42 Å². The highest BCUT2D eigenvalue weighted by Gasteiger charge is 2.23. The smallest absolute Gasteiger partial charge is 0.175 e. The summed E-state index contributed by atoms with van der Waals surface area (Å²) in [7, 11) is 0. The monoisotopic (exact) mass is 274 g/mol. The lowest BCUT2D eigenvalue weighted by molar-refractivity contribution is -0.124. The van der Waals surface area contributed by atoms with E-state index in [1.807, 2.05) is 0 Å². The Balaban J connectivity index is 1.93. The molecule has 5 heteroatoms. The van der Waals surface area contributed by atoms with Gasteiger partial charge >= 0.3 is 0 Å². The van der Waals surface area contributed by atoms with Gasteiger partial charge in [0.2, 0.25) is 0 Å². The van der Waals surface area contributed by atoms with Gasteiger partial charge in [-0.3, -0.25) is 4.79 Å². The molecule has 2 rings (SSSR count). The standard InChI is InChI=1S/C12H12Cl2O3/c13-9-2-1-3-11(12(9)14)17-7-10(15)8-4-5-16-6-8/h1-3,8H,4-7H2. The number of benzene rings is 1. The second-order valence-electron chi connectivity index (χ2n) is 3.87. The molecule has 1 aliphatic heterocycles. The first-order chi connectivity index (χ1) is 8.18. The SMILES string of the molecule is O=C(COc1cccc(Cl)c1Cl)C1CCOC1. The molecule has 1 atom stereocenters. The molecule has 0 N–H and O–H groups in total. The molecule has 1 saturated heterocycles. The van der Waals surface area contributed by atoms with Crippen LogP contribution in [0.2, 0.25) is 10.0 Å². The third kappa shape index (κ3) is 3.12.